The van der Waals surface area contributed by atoms with Gasteiger partial charge in [-0.2, -0.15) is 5.10 Å². The lowest BCUT2D eigenvalue weighted by molar-refractivity contribution is -0.123. The Bertz CT molecular complexity index is 1430. The zero-order valence-electron chi connectivity index (χ0n) is 18.2. The van der Waals surface area contributed by atoms with Crippen LogP contribution in [0.25, 0.3) is 33.5 Å². The van der Waals surface area contributed by atoms with Crippen LogP contribution in [0.2, 0.25) is 0 Å². The normalized spacial score (nSPS) is 16.0. The molecule has 0 unspecified atom stereocenters. The molecule has 0 radical (unpaired) electrons. The van der Waals surface area contributed by atoms with E-state index in [1.165, 1.54) is 6.07 Å². The second-order valence-corrected chi connectivity index (χ2v) is 8.61. The van der Waals surface area contributed by atoms with Crippen LogP contribution >= 0.6 is 0 Å². The van der Waals surface area contributed by atoms with Crippen molar-refractivity contribution in [2.24, 2.45) is 0 Å². The summed E-state index contributed by atoms with van der Waals surface area (Å²) in [6, 6.07) is 12.3. The lowest BCUT2D eigenvalue weighted by Crippen LogP contribution is -2.49. The van der Waals surface area contributed by atoms with Gasteiger partial charge in [-0.15, -0.1) is 0 Å². The van der Waals surface area contributed by atoms with Gasteiger partial charge in [-0.3, -0.25) is 14.3 Å². The van der Waals surface area contributed by atoms with E-state index in [1.54, 1.807) is 47.6 Å². The number of piperazine rings is 1. The first kappa shape index (κ1) is 20.5. The number of nitrogens with zero attached hydrogens (tertiary/aromatic N) is 5. The molecule has 1 saturated carbocycles. The van der Waals surface area contributed by atoms with Gasteiger partial charge in [-0.05, 0) is 37.1 Å². The third-order valence-electron chi connectivity index (χ3n) is 6.22. The molecule has 4 aromatic rings. The molecule has 2 aromatic heterocycles. The van der Waals surface area contributed by atoms with Gasteiger partial charge in [-0.25, -0.2) is 14.4 Å². The van der Waals surface area contributed by atoms with Crippen LogP contribution < -0.4 is 5.32 Å². The molecule has 8 nitrogen and oxygen atoms in total. The van der Waals surface area contributed by atoms with Gasteiger partial charge in [0.15, 0.2) is 5.82 Å². The van der Waals surface area contributed by atoms with Gasteiger partial charge in [0.25, 0.3) is 5.91 Å². The number of hydrogen-bond donors (Lipinski definition) is 1. The van der Waals surface area contributed by atoms with E-state index in [-0.39, 0.29) is 24.2 Å². The van der Waals surface area contributed by atoms with Crippen LogP contribution in [-0.2, 0) is 4.79 Å². The molecule has 170 valence electrons. The quantitative estimate of drug-likeness (QED) is 0.509. The van der Waals surface area contributed by atoms with E-state index >= 15 is 0 Å². The number of carbonyl (C=O) groups is 2. The van der Waals surface area contributed by atoms with Crippen molar-refractivity contribution in [2.75, 3.05) is 19.6 Å². The summed E-state index contributed by atoms with van der Waals surface area (Å²) in [5.74, 6) is -0.285. The summed E-state index contributed by atoms with van der Waals surface area (Å²) in [4.78, 5) is 35.3. The SMILES string of the molecule is O=C1CN(C(=O)c2ccc3c(c2)c(-c2ncc(-c4ccccc4F)cn2)nn3C2CC2)CCN1. The topological polar surface area (TPSA) is 93.0 Å². The van der Waals surface area contributed by atoms with Crippen molar-refractivity contribution in [1.82, 2.24) is 30.0 Å². The first-order chi connectivity index (χ1) is 16.6. The fourth-order valence-corrected chi connectivity index (χ4v) is 4.32. The highest BCUT2D eigenvalue weighted by Gasteiger charge is 2.29. The van der Waals surface area contributed by atoms with Gasteiger partial charge in [-0.1, -0.05) is 18.2 Å². The number of fused-ring (bicyclic) bond motifs is 1. The minimum Gasteiger partial charge on any atom is -0.353 e. The number of rotatable bonds is 4. The van der Waals surface area contributed by atoms with Gasteiger partial charge in [0, 0.05) is 47.6 Å². The van der Waals surface area contributed by atoms with Gasteiger partial charge in [0.1, 0.15) is 11.5 Å². The Hall–Kier alpha value is -4.14. The highest BCUT2D eigenvalue weighted by molar-refractivity contribution is 6.02. The highest BCUT2D eigenvalue weighted by Crippen LogP contribution is 2.39. The molecule has 1 saturated heterocycles. The standard InChI is InChI=1S/C25H21FN6O2/c26-20-4-2-1-3-18(20)16-12-28-24(29-13-16)23-19-11-15(25(34)31-10-9-27-22(33)14-31)5-8-21(19)32(30-23)17-6-7-17/h1-5,8,11-13,17H,6-7,9-10,14H2,(H,27,33). The van der Waals surface area contributed by atoms with Gasteiger partial charge >= 0.3 is 0 Å². The number of hydrogen-bond acceptors (Lipinski definition) is 5. The first-order valence-corrected chi connectivity index (χ1v) is 11.2. The minimum atomic E-state index is -0.336. The maximum Gasteiger partial charge on any atom is 0.254 e. The minimum absolute atomic E-state index is 0.0473. The fraction of sp³-hybridized carbons (Fsp3) is 0.240. The summed E-state index contributed by atoms with van der Waals surface area (Å²) in [6.07, 6.45) is 5.27. The molecule has 1 N–H and O–H groups in total. The number of amides is 2. The molecule has 2 aromatic carbocycles. The lowest BCUT2D eigenvalue weighted by Gasteiger charge is -2.26. The van der Waals surface area contributed by atoms with Gasteiger partial charge in [0.2, 0.25) is 5.91 Å². The Morgan fingerprint density at radius 3 is 2.62 bits per heavy atom. The Morgan fingerprint density at radius 1 is 1.09 bits per heavy atom. The third-order valence-corrected chi connectivity index (χ3v) is 6.22. The van der Waals surface area contributed by atoms with Crippen molar-refractivity contribution in [1.29, 1.82) is 0 Å². The summed E-state index contributed by atoms with van der Waals surface area (Å²) >= 11 is 0. The van der Waals surface area contributed by atoms with Crippen LogP contribution in [0.5, 0.6) is 0 Å². The van der Waals surface area contributed by atoms with E-state index in [0.717, 1.165) is 23.7 Å². The number of nitrogens with one attached hydrogen (secondary N) is 1. The van der Waals surface area contributed by atoms with E-state index in [9.17, 15) is 14.0 Å². The summed E-state index contributed by atoms with van der Waals surface area (Å²) in [5, 5.41) is 8.31. The highest BCUT2D eigenvalue weighted by atomic mass is 19.1. The van der Waals surface area contributed by atoms with E-state index in [1.807, 2.05) is 10.7 Å². The zero-order chi connectivity index (χ0) is 23.2. The number of aromatic nitrogens is 4. The van der Waals surface area contributed by atoms with Crippen LogP contribution in [0.3, 0.4) is 0 Å². The van der Waals surface area contributed by atoms with Crippen LogP contribution in [0.4, 0.5) is 4.39 Å². The molecular weight excluding hydrogens is 435 g/mol. The average Bonchev–Trinajstić information content (AvgIpc) is 3.64. The molecule has 3 heterocycles. The van der Waals surface area contributed by atoms with Gasteiger partial charge in [0.05, 0.1) is 18.1 Å². The van der Waals surface area contributed by atoms with Crippen molar-refractivity contribution >= 4 is 22.7 Å². The van der Waals surface area contributed by atoms with Crippen LogP contribution in [0.15, 0.2) is 54.9 Å². The summed E-state index contributed by atoms with van der Waals surface area (Å²) < 4.78 is 16.1. The number of benzene rings is 2. The average molecular weight is 456 g/mol. The van der Waals surface area contributed by atoms with E-state index in [2.05, 4.69) is 15.3 Å². The largest absolute Gasteiger partial charge is 0.353 e. The van der Waals surface area contributed by atoms with Crippen molar-refractivity contribution in [3.8, 4) is 22.6 Å². The molecule has 0 atom stereocenters. The Labute approximate surface area is 194 Å². The molecule has 6 rings (SSSR count). The van der Waals surface area contributed by atoms with Crippen molar-refractivity contribution < 1.29 is 14.0 Å². The predicted octanol–water partition coefficient (Wildman–Crippen LogP) is 3.21. The van der Waals surface area contributed by atoms with E-state index in [0.29, 0.717) is 47.3 Å². The van der Waals surface area contributed by atoms with Crippen LogP contribution in [0, 0.1) is 5.82 Å². The molecule has 0 bridgehead atoms. The number of carbonyl (C=O) groups excluding carboxylic acids is 2. The zero-order valence-corrected chi connectivity index (χ0v) is 18.2. The second kappa shape index (κ2) is 8.02. The van der Waals surface area contributed by atoms with Crippen LogP contribution in [-0.4, -0.2) is 56.1 Å². The van der Waals surface area contributed by atoms with Crippen LogP contribution in [0.1, 0.15) is 29.2 Å². The molecule has 0 spiro atoms. The van der Waals surface area contributed by atoms with Crippen molar-refractivity contribution in [2.45, 2.75) is 18.9 Å². The molecule has 1 aliphatic carbocycles. The predicted molar refractivity (Wildman–Crippen MR) is 123 cm³/mol. The summed E-state index contributed by atoms with van der Waals surface area (Å²) in [7, 11) is 0. The smallest absolute Gasteiger partial charge is 0.254 e. The molecule has 2 amide bonds. The molecule has 34 heavy (non-hydrogen) atoms. The van der Waals surface area contributed by atoms with E-state index < -0.39 is 0 Å². The molecule has 2 aliphatic rings. The first-order valence-electron chi connectivity index (χ1n) is 11.2. The second-order valence-electron chi connectivity index (χ2n) is 8.61. The molecular formula is C25H21FN6O2. The molecule has 2 fully saturated rings. The molecule has 1 aliphatic heterocycles. The number of halogens is 1. The van der Waals surface area contributed by atoms with Crippen molar-refractivity contribution in [3.63, 3.8) is 0 Å². The summed E-state index contributed by atoms with van der Waals surface area (Å²) in [6.45, 7) is 0.961. The maximum atomic E-state index is 14.2. The van der Waals surface area contributed by atoms with Crippen molar-refractivity contribution in [3.05, 3.63) is 66.2 Å². The monoisotopic (exact) mass is 456 g/mol. The Morgan fingerprint density at radius 2 is 1.88 bits per heavy atom. The Kier molecular flexibility index (Phi) is 4.83. The molecule has 9 heteroatoms. The lowest BCUT2D eigenvalue weighted by atomic mass is 10.1. The Balaban J connectivity index is 1.40. The summed E-state index contributed by atoms with van der Waals surface area (Å²) in [5.41, 5.74) is 2.98. The fourth-order valence-electron chi connectivity index (χ4n) is 4.32. The third kappa shape index (κ3) is 3.59. The van der Waals surface area contributed by atoms with E-state index in [4.69, 9.17) is 5.10 Å². The maximum absolute atomic E-state index is 14.2. The van der Waals surface area contributed by atoms with Gasteiger partial charge < -0.3 is 10.2 Å².